The Kier molecular flexibility index (Phi) is 4.55. The van der Waals surface area contributed by atoms with Crippen molar-refractivity contribution in [2.24, 2.45) is 0 Å². The summed E-state index contributed by atoms with van der Waals surface area (Å²) in [5, 5.41) is 8.81. The first kappa shape index (κ1) is 13.8. The molecule has 0 saturated carbocycles. The lowest BCUT2D eigenvalue weighted by Crippen LogP contribution is -2.12. The topological polar surface area (TPSA) is 50.1 Å². The van der Waals surface area contributed by atoms with Crippen LogP contribution in [0.25, 0.3) is 6.08 Å². The lowest BCUT2D eigenvalue weighted by molar-refractivity contribution is -0.142. The van der Waals surface area contributed by atoms with Gasteiger partial charge in [0, 0.05) is 0 Å². The summed E-state index contributed by atoms with van der Waals surface area (Å²) in [5.74, 6) is -2.83. The molecule has 1 aromatic carbocycles. The van der Waals surface area contributed by atoms with Crippen LogP contribution < -0.4 is 0 Å². The fraction of sp³-hybridized carbons (Fsp3) is 0.231. The van der Waals surface area contributed by atoms with E-state index in [0.29, 0.717) is 0 Å². The van der Waals surface area contributed by atoms with E-state index in [1.54, 1.807) is 19.9 Å². The lowest BCUT2D eigenvalue weighted by Gasteiger charge is -2.06. The highest BCUT2D eigenvalue weighted by atomic mass is 19.2. The second kappa shape index (κ2) is 5.92. The van der Waals surface area contributed by atoms with Crippen molar-refractivity contribution in [2.75, 3.05) is 0 Å². The maximum atomic E-state index is 12.9. The van der Waals surface area contributed by atoms with Gasteiger partial charge in [-0.05, 0) is 37.6 Å². The van der Waals surface area contributed by atoms with Gasteiger partial charge in [0.2, 0.25) is 0 Å². The zero-order chi connectivity index (χ0) is 13.7. The molecular weight excluding hydrogens is 240 g/mol. The Hall–Kier alpha value is -2.22. The molecular formula is C13H11F2NO2. The monoisotopic (exact) mass is 251 g/mol. The Bertz CT molecular complexity index is 530. The molecule has 0 fully saturated rings. The number of ether oxygens (including phenoxy) is 1. The van der Waals surface area contributed by atoms with Crippen molar-refractivity contribution >= 4 is 12.0 Å². The number of hydrogen-bond acceptors (Lipinski definition) is 3. The van der Waals surface area contributed by atoms with Crippen LogP contribution in [-0.2, 0) is 9.53 Å². The van der Waals surface area contributed by atoms with Crippen LogP contribution in [0.4, 0.5) is 8.78 Å². The molecule has 0 aliphatic heterocycles. The van der Waals surface area contributed by atoms with Crippen LogP contribution in [0.2, 0.25) is 0 Å². The van der Waals surface area contributed by atoms with E-state index in [-0.39, 0.29) is 17.2 Å². The molecule has 5 heteroatoms. The molecule has 18 heavy (non-hydrogen) atoms. The van der Waals surface area contributed by atoms with Gasteiger partial charge in [-0.15, -0.1) is 0 Å². The van der Waals surface area contributed by atoms with Crippen molar-refractivity contribution in [3.63, 3.8) is 0 Å². The van der Waals surface area contributed by atoms with Crippen LogP contribution in [0, 0.1) is 23.0 Å². The van der Waals surface area contributed by atoms with Gasteiger partial charge < -0.3 is 4.74 Å². The van der Waals surface area contributed by atoms with E-state index < -0.39 is 17.6 Å². The molecule has 1 aromatic rings. The maximum absolute atomic E-state index is 12.9. The minimum atomic E-state index is -1.04. The molecule has 0 bridgehead atoms. The van der Waals surface area contributed by atoms with Gasteiger partial charge in [0.05, 0.1) is 6.10 Å². The fourth-order valence-corrected chi connectivity index (χ4v) is 1.18. The molecule has 0 heterocycles. The number of rotatable bonds is 3. The molecule has 0 spiro atoms. The Morgan fingerprint density at radius 1 is 1.39 bits per heavy atom. The lowest BCUT2D eigenvalue weighted by atomic mass is 10.1. The maximum Gasteiger partial charge on any atom is 0.349 e. The van der Waals surface area contributed by atoms with Crippen LogP contribution in [0.3, 0.4) is 0 Å². The summed E-state index contributed by atoms with van der Waals surface area (Å²) in [6, 6.07) is 4.74. The predicted molar refractivity (Wildman–Crippen MR) is 61.2 cm³/mol. The zero-order valence-electron chi connectivity index (χ0n) is 9.91. The van der Waals surface area contributed by atoms with Crippen LogP contribution in [0.15, 0.2) is 23.8 Å². The van der Waals surface area contributed by atoms with Gasteiger partial charge in [0.15, 0.2) is 11.6 Å². The average molecular weight is 251 g/mol. The number of esters is 1. The molecule has 0 aliphatic carbocycles. The first-order valence-corrected chi connectivity index (χ1v) is 5.22. The number of nitrogens with zero attached hydrogens (tertiary/aromatic N) is 1. The van der Waals surface area contributed by atoms with Crippen LogP contribution in [-0.4, -0.2) is 12.1 Å². The molecule has 3 nitrogen and oxygen atoms in total. The molecule has 94 valence electrons. The normalized spacial score (nSPS) is 11.2. The van der Waals surface area contributed by atoms with E-state index in [2.05, 4.69) is 0 Å². The minimum Gasteiger partial charge on any atom is -0.459 e. The summed E-state index contributed by atoms with van der Waals surface area (Å²) in [6.45, 7) is 3.29. The molecule has 0 saturated heterocycles. The second-order valence-corrected chi connectivity index (χ2v) is 3.80. The fourth-order valence-electron chi connectivity index (χ4n) is 1.18. The third-order valence-corrected chi connectivity index (χ3v) is 1.94. The predicted octanol–water partition coefficient (Wildman–Crippen LogP) is 2.82. The Morgan fingerprint density at radius 3 is 2.56 bits per heavy atom. The summed E-state index contributed by atoms with van der Waals surface area (Å²) in [7, 11) is 0. The summed E-state index contributed by atoms with van der Waals surface area (Å²) < 4.78 is 30.5. The summed E-state index contributed by atoms with van der Waals surface area (Å²) in [6.07, 6.45) is 0.784. The standard InChI is InChI=1S/C13H11F2NO2/c1-8(2)18-13(17)10(7-16)5-9-3-4-11(14)12(15)6-9/h3-6,8H,1-2H3. The first-order valence-electron chi connectivity index (χ1n) is 5.22. The number of carbonyl (C=O) groups excluding carboxylic acids is 1. The number of carbonyl (C=O) groups is 1. The third kappa shape index (κ3) is 3.67. The number of nitriles is 1. The molecule has 0 aliphatic rings. The van der Waals surface area contributed by atoms with E-state index in [4.69, 9.17) is 10.00 Å². The number of hydrogen-bond donors (Lipinski definition) is 0. The van der Waals surface area contributed by atoms with Gasteiger partial charge in [-0.25, -0.2) is 13.6 Å². The van der Waals surface area contributed by atoms with Crippen molar-refractivity contribution < 1.29 is 18.3 Å². The Morgan fingerprint density at radius 2 is 2.06 bits per heavy atom. The van der Waals surface area contributed by atoms with Gasteiger partial charge in [0.1, 0.15) is 11.6 Å². The number of benzene rings is 1. The van der Waals surface area contributed by atoms with Crippen molar-refractivity contribution in [3.8, 4) is 6.07 Å². The molecule has 0 unspecified atom stereocenters. The smallest absolute Gasteiger partial charge is 0.349 e. The highest BCUT2D eigenvalue weighted by Gasteiger charge is 2.12. The van der Waals surface area contributed by atoms with Crippen LogP contribution in [0.1, 0.15) is 19.4 Å². The third-order valence-electron chi connectivity index (χ3n) is 1.94. The van der Waals surface area contributed by atoms with Crippen molar-refractivity contribution in [2.45, 2.75) is 20.0 Å². The molecule has 0 aromatic heterocycles. The zero-order valence-corrected chi connectivity index (χ0v) is 9.91. The largest absolute Gasteiger partial charge is 0.459 e. The summed E-state index contributed by atoms with van der Waals surface area (Å²) in [5.41, 5.74) is -0.0548. The van der Waals surface area contributed by atoms with Crippen molar-refractivity contribution in [1.29, 1.82) is 5.26 Å². The summed E-state index contributed by atoms with van der Waals surface area (Å²) in [4.78, 5) is 11.5. The van der Waals surface area contributed by atoms with E-state index in [9.17, 15) is 13.6 Å². The van der Waals surface area contributed by atoms with E-state index >= 15 is 0 Å². The first-order chi connectivity index (χ1) is 8.43. The molecule has 1 rings (SSSR count). The SMILES string of the molecule is CC(C)OC(=O)C(C#N)=Cc1ccc(F)c(F)c1. The number of halogens is 2. The van der Waals surface area contributed by atoms with Gasteiger partial charge >= 0.3 is 5.97 Å². The molecule has 0 atom stereocenters. The Balaban J connectivity index is 3.01. The summed E-state index contributed by atoms with van der Waals surface area (Å²) >= 11 is 0. The Labute approximate surface area is 103 Å². The molecule has 0 amide bonds. The molecule has 0 N–H and O–H groups in total. The van der Waals surface area contributed by atoms with Gasteiger partial charge in [-0.3, -0.25) is 0 Å². The second-order valence-electron chi connectivity index (χ2n) is 3.80. The van der Waals surface area contributed by atoms with Gasteiger partial charge in [0.25, 0.3) is 0 Å². The minimum absolute atomic E-state index is 0.214. The molecule has 0 radical (unpaired) electrons. The quantitative estimate of drug-likeness (QED) is 0.471. The van der Waals surface area contributed by atoms with Gasteiger partial charge in [-0.1, -0.05) is 6.07 Å². The van der Waals surface area contributed by atoms with Crippen molar-refractivity contribution in [3.05, 3.63) is 41.0 Å². The average Bonchev–Trinajstić information content (AvgIpc) is 2.29. The van der Waals surface area contributed by atoms with Gasteiger partial charge in [-0.2, -0.15) is 5.26 Å². The highest BCUT2D eigenvalue weighted by Crippen LogP contribution is 2.13. The van der Waals surface area contributed by atoms with E-state index in [0.717, 1.165) is 18.2 Å². The van der Waals surface area contributed by atoms with Crippen molar-refractivity contribution in [1.82, 2.24) is 0 Å². The highest BCUT2D eigenvalue weighted by molar-refractivity contribution is 5.97. The van der Waals surface area contributed by atoms with E-state index in [1.807, 2.05) is 0 Å². The van der Waals surface area contributed by atoms with Crippen LogP contribution >= 0.6 is 0 Å². The van der Waals surface area contributed by atoms with Crippen LogP contribution in [0.5, 0.6) is 0 Å². The van der Waals surface area contributed by atoms with E-state index in [1.165, 1.54) is 6.07 Å².